The monoisotopic (exact) mass is 663 g/mol. The van der Waals surface area contributed by atoms with Crippen molar-refractivity contribution in [1.29, 1.82) is 0 Å². The number of nitrogens with zero attached hydrogens (tertiary/aromatic N) is 2. The molecule has 43 heavy (non-hydrogen) atoms. The molecule has 0 aromatic heterocycles. The van der Waals surface area contributed by atoms with Crippen LogP contribution in [0.25, 0.3) is 0 Å². The zero-order chi connectivity index (χ0) is 30.8. The number of hydrogen-bond acceptors (Lipinski definition) is 5. The minimum Gasteiger partial charge on any atom is -0.497 e. The second kappa shape index (κ2) is 14.8. The van der Waals surface area contributed by atoms with Crippen LogP contribution in [-0.2, 0) is 32.6 Å². The highest BCUT2D eigenvalue weighted by Crippen LogP contribution is 2.27. The van der Waals surface area contributed by atoms with Crippen LogP contribution in [0.3, 0.4) is 0 Å². The summed E-state index contributed by atoms with van der Waals surface area (Å²) >= 11 is 3.40. The Labute approximate surface area is 261 Å². The van der Waals surface area contributed by atoms with Crippen LogP contribution in [0.5, 0.6) is 5.75 Å². The van der Waals surface area contributed by atoms with Gasteiger partial charge in [0.15, 0.2) is 0 Å². The summed E-state index contributed by atoms with van der Waals surface area (Å²) in [4.78, 5) is 29.4. The summed E-state index contributed by atoms with van der Waals surface area (Å²) in [5, 5.41) is 2.86. The van der Waals surface area contributed by atoms with Gasteiger partial charge in [-0.3, -0.25) is 13.9 Å². The highest BCUT2D eigenvalue weighted by molar-refractivity contribution is 9.10. The Bertz CT molecular complexity index is 1620. The third-order valence-electron chi connectivity index (χ3n) is 6.83. The van der Waals surface area contributed by atoms with Crippen molar-refractivity contribution in [3.05, 3.63) is 125 Å². The molecule has 2 amide bonds. The number of carbonyl (C=O) groups excluding carboxylic acids is 2. The number of sulfonamides is 1. The number of ether oxygens (including phenoxy) is 1. The van der Waals surface area contributed by atoms with Crippen LogP contribution in [-0.4, -0.2) is 51.4 Å². The van der Waals surface area contributed by atoms with Crippen molar-refractivity contribution in [2.75, 3.05) is 24.5 Å². The van der Waals surface area contributed by atoms with Gasteiger partial charge in [-0.1, -0.05) is 76.6 Å². The summed E-state index contributed by atoms with van der Waals surface area (Å²) in [6.45, 7) is 1.73. The molecule has 1 N–H and O–H groups in total. The van der Waals surface area contributed by atoms with Gasteiger partial charge in [0, 0.05) is 24.0 Å². The quantitative estimate of drug-likeness (QED) is 0.206. The number of benzene rings is 4. The molecule has 1 atom stereocenters. The fourth-order valence-electron chi connectivity index (χ4n) is 4.67. The largest absolute Gasteiger partial charge is 0.497 e. The predicted octanol–water partition coefficient (Wildman–Crippen LogP) is 5.43. The Kier molecular flexibility index (Phi) is 11.0. The number of anilines is 1. The number of halogens is 1. The molecule has 8 nitrogen and oxygen atoms in total. The normalized spacial score (nSPS) is 11.8. The average Bonchev–Trinajstić information content (AvgIpc) is 3.03. The molecule has 4 aromatic rings. The minimum atomic E-state index is -4.14. The number of carbonyl (C=O) groups is 2. The summed E-state index contributed by atoms with van der Waals surface area (Å²) in [5.41, 5.74) is 1.92. The molecule has 0 saturated heterocycles. The van der Waals surface area contributed by atoms with Gasteiger partial charge in [0.25, 0.3) is 10.0 Å². The van der Waals surface area contributed by atoms with Crippen molar-refractivity contribution in [2.24, 2.45) is 0 Å². The Morgan fingerprint density at radius 3 is 2.12 bits per heavy atom. The highest BCUT2D eigenvalue weighted by atomic mass is 79.9. The van der Waals surface area contributed by atoms with Gasteiger partial charge in [-0.2, -0.15) is 0 Å². The molecule has 0 aliphatic heterocycles. The van der Waals surface area contributed by atoms with Crippen LogP contribution in [0.15, 0.2) is 119 Å². The molecule has 0 aliphatic rings. The maximum atomic E-state index is 14.4. The van der Waals surface area contributed by atoms with Crippen molar-refractivity contribution in [2.45, 2.75) is 30.8 Å². The van der Waals surface area contributed by atoms with Crippen LogP contribution < -0.4 is 14.4 Å². The zero-order valence-corrected chi connectivity index (χ0v) is 26.4. The van der Waals surface area contributed by atoms with Crippen molar-refractivity contribution >= 4 is 43.5 Å². The lowest BCUT2D eigenvalue weighted by Gasteiger charge is -2.34. The van der Waals surface area contributed by atoms with Gasteiger partial charge in [-0.15, -0.1) is 0 Å². The first-order chi connectivity index (χ1) is 20.7. The van der Waals surface area contributed by atoms with Crippen LogP contribution in [0, 0.1) is 0 Å². The fourth-order valence-corrected chi connectivity index (χ4v) is 6.37. The van der Waals surface area contributed by atoms with E-state index in [9.17, 15) is 18.0 Å². The number of hydrogen-bond donors (Lipinski definition) is 1. The molecular weight excluding hydrogens is 630 g/mol. The summed E-state index contributed by atoms with van der Waals surface area (Å²) < 4.78 is 35.2. The van der Waals surface area contributed by atoms with Crippen LogP contribution in [0.1, 0.15) is 18.1 Å². The summed E-state index contributed by atoms with van der Waals surface area (Å²) in [6, 6.07) is 30.4. The summed E-state index contributed by atoms with van der Waals surface area (Å²) in [7, 11) is -2.59. The maximum absolute atomic E-state index is 14.4. The molecular formula is C33H34BrN3O5S. The van der Waals surface area contributed by atoms with Gasteiger partial charge in [0.1, 0.15) is 18.3 Å². The lowest BCUT2D eigenvalue weighted by molar-refractivity contribution is -0.140. The van der Waals surface area contributed by atoms with Crippen molar-refractivity contribution in [3.8, 4) is 5.75 Å². The van der Waals surface area contributed by atoms with E-state index in [1.807, 2.05) is 49.4 Å². The maximum Gasteiger partial charge on any atom is 0.264 e. The lowest BCUT2D eigenvalue weighted by atomic mass is 10.0. The van der Waals surface area contributed by atoms with Crippen molar-refractivity contribution < 1.29 is 22.7 Å². The first kappa shape index (κ1) is 31.8. The molecule has 0 aliphatic carbocycles. The Hall–Kier alpha value is -4.15. The first-order valence-corrected chi connectivity index (χ1v) is 16.0. The standard InChI is InChI=1S/C33H34BrN3O5S/c1-3-35-33(39)31(22-25-11-6-4-7-12-25)36(23-26-13-10-14-29(21-26)42-2)32(38)24-37(28-19-17-27(34)18-20-28)43(40,41)30-15-8-5-9-16-30/h4-21,31H,3,22-24H2,1-2H3,(H,35,39). The molecule has 1 unspecified atom stereocenters. The Balaban J connectivity index is 1.79. The molecule has 0 bridgehead atoms. The lowest BCUT2D eigenvalue weighted by Crippen LogP contribution is -2.53. The van der Waals surface area contributed by atoms with E-state index in [4.69, 9.17) is 4.74 Å². The van der Waals surface area contributed by atoms with Gasteiger partial charge < -0.3 is 15.0 Å². The topological polar surface area (TPSA) is 96.0 Å². The van der Waals surface area contributed by atoms with Gasteiger partial charge in [-0.05, 0) is 66.6 Å². The van der Waals surface area contributed by atoms with Gasteiger partial charge in [0.05, 0.1) is 17.7 Å². The van der Waals surface area contributed by atoms with Crippen molar-refractivity contribution in [1.82, 2.24) is 10.2 Å². The second-order valence-electron chi connectivity index (χ2n) is 9.77. The van der Waals surface area contributed by atoms with E-state index in [0.717, 1.165) is 19.9 Å². The molecule has 0 saturated carbocycles. The third kappa shape index (κ3) is 8.24. The van der Waals surface area contributed by atoms with Gasteiger partial charge in [0.2, 0.25) is 11.8 Å². The third-order valence-corrected chi connectivity index (χ3v) is 9.15. The Morgan fingerprint density at radius 2 is 1.49 bits per heavy atom. The molecule has 224 valence electrons. The summed E-state index contributed by atoms with van der Waals surface area (Å²) in [6.07, 6.45) is 0.242. The predicted molar refractivity (Wildman–Crippen MR) is 171 cm³/mol. The minimum absolute atomic E-state index is 0.0506. The molecule has 0 fully saturated rings. The van der Waals surface area contributed by atoms with Crippen LogP contribution in [0.4, 0.5) is 5.69 Å². The number of rotatable bonds is 13. The first-order valence-electron chi connectivity index (χ1n) is 13.8. The van der Waals surface area contributed by atoms with E-state index in [-0.39, 0.29) is 23.8 Å². The van der Waals surface area contributed by atoms with E-state index in [1.54, 1.807) is 61.7 Å². The van der Waals surface area contributed by atoms with E-state index in [0.29, 0.717) is 18.0 Å². The average molecular weight is 665 g/mol. The highest BCUT2D eigenvalue weighted by Gasteiger charge is 2.34. The van der Waals surface area contributed by atoms with E-state index >= 15 is 0 Å². The van der Waals surface area contributed by atoms with E-state index in [2.05, 4.69) is 21.2 Å². The molecule has 4 rings (SSSR count). The van der Waals surface area contributed by atoms with Crippen LogP contribution >= 0.6 is 15.9 Å². The SMILES string of the molecule is CCNC(=O)C(Cc1ccccc1)N(Cc1cccc(OC)c1)C(=O)CN(c1ccc(Br)cc1)S(=O)(=O)c1ccccc1. The van der Waals surface area contributed by atoms with Gasteiger partial charge in [-0.25, -0.2) is 8.42 Å². The molecule has 10 heteroatoms. The molecule has 4 aromatic carbocycles. The zero-order valence-electron chi connectivity index (χ0n) is 24.0. The van der Waals surface area contributed by atoms with Gasteiger partial charge >= 0.3 is 0 Å². The van der Waals surface area contributed by atoms with Crippen LogP contribution in [0.2, 0.25) is 0 Å². The number of methoxy groups -OCH3 is 1. The molecule has 0 spiro atoms. The fraction of sp³-hybridized carbons (Fsp3) is 0.212. The number of likely N-dealkylation sites (N-methyl/N-ethyl adjacent to an activating group) is 1. The smallest absolute Gasteiger partial charge is 0.264 e. The van der Waals surface area contributed by atoms with E-state index < -0.39 is 28.5 Å². The molecule has 0 radical (unpaired) electrons. The van der Waals surface area contributed by atoms with Crippen molar-refractivity contribution in [3.63, 3.8) is 0 Å². The summed E-state index contributed by atoms with van der Waals surface area (Å²) in [5.74, 6) is -0.258. The number of amides is 2. The second-order valence-corrected chi connectivity index (χ2v) is 12.6. The molecule has 0 heterocycles. The number of nitrogens with one attached hydrogen (secondary N) is 1. The van der Waals surface area contributed by atoms with E-state index in [1.165, 1.54) is 17.0 Å². The Morgan fingerprint density at radius 1 is 0.860 bits per heavy atom.